The van der Waals surface area contributed by atoms with E-state index in [2.05, 4.69) is 31.4 Å². The molecule has 1 fully saturated rings. The van der Waals surface area contributed by atoms with Gasteiger partial charge in [-0.2, -0.15) is 5.10 Å². The zero-order chi connectivity index (χ0) is 19.9. The molecule has 5 aromatic heterocycles. The van der Waals surface area contributed by atoms with Gasteiger partial charge in [-0.3, -0.25) is 9.67 Å². The molecule has 1 aliphatic heterocycles. The summed E-state index contributed by atoms with van der Waals surface area (Å²) < 4.78 is 10.5. The topological polar surface area (TPSA) is 96.4 Å². The molecule has 0 bridgehead atoms. The Labute approximate surface area is 175 Å². The third-order valence-corrected chi connectivity index (χ3v) is 6.46. The molecule has 0 unspecified atom stereocenters. The monoisotopic (exact) mass is 418 g/mol. The number of pyridine rings is 1. The van der Waals surface area contributed by atoms with Crippen LogP contribution in [0.2, 0.25) is 0 Å². The van der Waals surface area contributed by atoms with Crippen LogP contribution in [0.1, 0.15) is 23.8 Å². The van der Waals surface area contributed by atoms with E-state index in [0.717, 1.165) is 42.7 Å². The molecule has 0 atom stereocenters. The Morgan fingerprint density at radius 2 is 2.10 bits per heavy atom. The van der Waals surface area contributed by atoms with Crippen molar-refractivity contribution in [2.75, 3.05) is 13.2 Å². The molecule has 10 heteroatoms. The lowest BCUT2D eigenvalue weighted by molar-refractivity contribution is 0.0662. The van der Waals surface area contributed by atoms with Crippen molar-refractivity contribution in [2.24, 2.45) is 0 Å². The van der Waals surface area contributed by atoms with Crippen molar-refractivity contribution in [3.8, 4) is 11.3 Å². The zero-order valence-electron chi connectivity index (χ0n) is 16.0. The van der Waals surface area contributed by atoms with E-state index < -0.39 is 0 Å². The highest BCUT2D eigenvalue weighted by Crippen LogP contribution is 2.27. The molecule has 0 spiro atoms. The molecule has 0 aromatic carbocycles. The fraction of sp³-hybridized carbons (Fsp3) is 0.300. The Hall–Kier alpha value is -3.24. The van der Waals surface area contributed by atoms with Gasteiger partial charge >= 0.3 is 0 Å². The van der Waals surface area contributed by atoms with Crippen LogP contribution in [-0.2, 0) is 11.3 Å². The first-order valence-electron chi connectivity index (χ1n) is 9.84. The second kappa shape index (κ2) is 7.22. The van der Waals surface area contributed by atoms with Gasteiger partial charge in [-0.25, -0.2) is 14.6 Å². The van der Waals surface area contributed by atoms with Gasteiger partial charge < -0.3 is 4.74 Å². The quantitative estimate of drug-likeness (QED) is 0.442. The minimum Gasteiger partial charge on any atom is -0.381 e. The summed E-state index contributed by atoms with van der Waals surface area (Å²) in [6.45, 7) is 2.16. The second-order valence-electron chi connectivity index (χ2n) is 7.33. The van der Waals surface area contributed by atoms with Gasteiger partial charge in [0.05, 0.1) is 30.7 Å². The van der Waals surface area contributed by atoms with Crippen LogP contribution < -0.4 is 0 Å². The minimum absolute atomic E-state index is 0.374. The smallest absolute Gasteiger partial charge is 0.221 e. The van der Waals surface area contributed by atoms with Gasteiger partial charge in [0.1, 0.15) is 0 Å². The number of fused-ring (bicyclic) bond motifs is 2. The number of hydrogen-bond acceptors (Lipinski definition) is 8. The third kappa shape index (κ3) is 3.14. The molecule has 0 aliphatic carbocycles. The number of thiophene rings is 1. The van der Waals surface area contributed by atoms with E-state index in [1.807, 2.05) is 35.5 Å². The maximum atomic E-state index is 5.45. The van der Waals surface area contributed by atoms with Crippen LogP contribution in [0.5, 0.6) is 0 Å². The SMILES string of the molecule is c1cc2sc(Cn3nnc4ncc(-c5cnn(C6CCOCC6)c5)nc43)cc2cn1. The fourth-order valence-electron chi connectivity index (χ4n) is 3.79. The molecular weight excluding hydrogens is 400 g/mol. The van der Waals surface area contributed by atoms with Crippen molar-refractivity contribution in [3.05, 3.63) is 48.0 Å². The third-order valence-electron chi connectivity index (χ3n) is 5.36. The Morgan fingerprint density at radius 1 is 1.17 bits per heavy atom. The summed E-state index contributed by atoms with van der Waals surface area (Å²) in [6, 6.07) is 4.53. The molecule has 1 saturated heterocycles. The first-order chi connectivity index (χ1) is 14.8. The molecule has 0 amide bonds. The van der Waals surface area contributed by atoms with Crippen molar-refractivity contribution < 1.29 is 4.74 Å². The predicted octanol–water partition coefficient (Wildman–Crippen LogP) is 3.09. The molecule has 0 saturated carbocycles. The molecule has 1 aliphatic rings. The van der Waals surface area contributed by atoms with Crippen molar-refractivity contribution >= 4 is 32.7 Å². The average Bonchev–Trinajstić information content (AvgIpc) is 3.52. The molecule has 150 valence electrons. The van der Waals surface area contributed by atoms with Crippen LogP contribution in [0, 0.1) is 0 Å². The summed E-state index contributed by atoms with van der Waals surface area (Å²) in [5.74, 6) is 0. The first kappa shape index (κ1) is 17.6. The van der Waals surface area contributed by atoms with Crippen LogP contribution in [0.25, 0.3) is 32.6 Å². The normalized spacial score (nSPS) is 15.3. The maximum Gasteiger partial charge on any atom is 0.221 e. The molecule has 9 nitrogen and oxygen atoms in total. The zero-order valence-corrected chi connectivity index (χ0v) is 16.9. The van der Waals surface area contributed by atoms with Crippen molar-refractivity contribution in [2.45, 2.75) is 25.4 Å². The summed E-state index contributed by atoms with van der Waals surface area (Å²) in [4.78, 5) is 14.6. The summed E-state index contributed by atoms with van der Waals surface area (Å²) >= 11 is 1.72. The molecule has 5 aromatic rings. The summed E-state index contributed by atoms with van der Waals surface area (Å²) in [5, 5.41) is 14.1. The van der Waals surface area contributed by atoms with Crippen LogP contribution in [0.4, 0.5) is 0 Å². The van der Waals surface area contributed by atoms with Crippen LogP contribution in [0.15, 0.2) is 43.1 Å². The van der Waals surface area contributed by atoms with Gasteiger partial charge in [0.2, 0.25) is 5.65 Å². The Balaban J connectivity index is 1.32. The highest BCUT2D eigenvalue weighted by Gasteiger charge is 2.18. The van der Waals surface area contributed by atoms with Gasteiger partial charge in [0.25, 0.3) is 0 Å². The standard InChI is InChI=1S/C20H18N8OS/c1-4-21-8-13-7-16(30-18(1)13)12-28-20-19(25-26-28)22-10-17(24-20)14-9-23-27(11-14)15-2-5-29-6-3-15/h1,4,7-11,15H,2-3,5-6,12H2. The molecule has 0 N–H and O–H groups in total. The van der Waals surface area contributed by atoms with E-state index in [-0.39, 0.29) is 0 Å². The minimum atomic E-state index is 0.374. The van der Waals surface area contributed by atoms with E-state index in [9.17, 15) is 0 Å². The second-order valence-corrected chi connectivity index (χ2v) is 8.50. The Bertz CT molecular complexity index is 1300. The van der Waals surface area contributed by atoms with Crippen LogP contribution >= 0.6 is 11.3 Å². The predicted molar refractivity (Wildman–Crippen MR) is 112 cm³/mol. The molecule has 0 radical (unpaired) electrons. The number of rotatable bonds is 4. The van der Waals surface area contributed by atoms with Crippen LogP contribution in [0.3, 0.4) is 0 Å². The van der Waals surface area contributed by atoms with Crippen LogP contribution in [-0.4, -0.2) is 52.9 Å². The maximum absolute atomic E-state index is 5.45. The van der Waals surface area contributed by atoms with Gasteiger partial charge in [0.15, 0.2) is 5.65 Å². The fourth-order valence-corrected chi connectivity index (χ4v) is 4.80. The first-order valence-corrected chi connectivity index (χ1v) is 10.7. The number of aromatic nitrogens is 8. The number of hydrogen-bond donors (Lipinski definition) is 0. The lowest BCUT2D eigenvalue weighted by Crippen LogP contribution is -2.19. The van der Waals surface area contributed by atoms with Gasteiger partial charge in [-0.05, 0) is 25.0 Å². The van der Waals surface area contributed by atoms with Gasteiger partial charge in [-0.15, -0.1) is 16.4 Å². The van der Waals surface area contributed by atoms with E-state index in [1.165, 1.54) is 9.58 Å². The van der Waals surface area contributed by atoms with E-state index in [1.54, 1.807) is 22.2 Å². The van der Waals surface area contributed by atoms with E-state index in [0.29, 0.717) is 23.9 Å². The van der Waals surface area contributed by atoms with E-state index >= 15 is 0 Å². The van der Waals surface area contributed by atoms with Crippen molar-refractivity contribution in [3.63, 3.8) is 0 Å². The largest absolute Gasteiger partial charge is 0.381 e. The Morgan fingerprint density at radius 3 is 3.00 bits per heavy atom. The lowest BCUT2D eigenvalue weighted by atomic mass is 10.1. The molecular formula is C20H18N8OS. The van der Waals surface area contributed by atoms with Gasteiger partial charge in [0, 0.05) is 52.3 Å². The average molecular weight is 418 g/mol. The summed E-state index contributed by atoms with van der Waals surface area (Å²) in [5.41, 5.74) is 2.92. The summed E-state index contributed by atoms with van der Waals surface area (Å²) in [6.07, 6.45) is 11.3. The van der Waals surface area contributed by atoms with Crippen molar-refractivity contribution in [1.82, 2.24) is 39.7 Å². The molecule has 30 heavy (non-hydrogen) atoms. The van der Waals surface area contributed by atoms with Crippen molar-refractivity contribution in [1.29, 1.82) is 0 Å². The lowest BCUT2D eigenvalue weighted by Gasteiger charge is -2.22. The number of ether oxygens (including phenoxy) is 1. The van der Waals surface area contributed by atoms with E-state index in [4.69, 9.17) is 9.72 Å². The Kier molecular flexibility index (Phi) is 4.24. The molecule has 6 rings (SSSR count). The molecule has 6 heterocycles. The van der Waals surface area contributed by atoms with Gasteiger partial charge in [-0.1, -0.05) is 5.21 Å². The highest BCUT2D eigenvalue weighted by molar-refractivity contribution is 7.19. The number of nitrogens with zero attached hydrogens (tertiary/aromatic N) is 8. The highest BCUT2D eigenvalue weighted by atomic mass is 32.1. The summed E-state index contributed by atoms with van der Waals surface area (Å²) in [7, 11) is 0.